The average Bonchev–Trinajstić information content (AvgIpc) is 3.43. The second-order valence-corrected chi connectivity index (χ2v) is 9.68. The summed E-state index contributed by atoms with van der Waals surface area (Å²) in [4.78, 5) is 22.0. The third-order valence-electron chi connectivity index (χ3n) is 6.30. The summed E-state index contributed by atoms with van der Waals surface area (Å²) in [5.41, 5.74) is 4.15. The van der Waals surface area contributed by atoms with Crippen LogP contribution in [0.1, 0.15) is 39.6 Å². The molecule has 2 heterocycles. The maximum absolute atomic E-state index is 13.4. The molecule has 0 bridgehead atoms. The van der Waals surface area contributed by atoms with Gasteiger partial charge in [0, 0.05) is 30.6 Å². The van der Waals surface area contributed by atoms with E-state index in [0.29, 0.717) is 23.1 Å². The van der Waals surface area contributed by atoms with Gasteiger partial charge in [-0.2, -0.15) is 0 Å². The predicted molar refractivity (Wildman–Crippen MR) is 151 cm³/mol. The maximum Gasteiger partial charge on any atom is 0.273 e. The molecule has 0 saturated carbocycles. The molecule has 5 aromatic rings. The maximum atomic E-state index is 13.4. The summed E-state index contributed by atoms with van der Waals surface area (Å²) >= 11 is 1.42. The van der Waals surface area contributed by atoms with Crippen molar-refractivity contribution in [3.8, 4) is 11.4 Å². The van der Waals surface area contributed by atoms with Crippen LogP contribution in [0.3, 0.4) is 0 Å². The van der Waals surface area contributed by atoms with Crippen molar-refractivity contribution in [1.29, 1.82) is 0 Å². The van der Waals surface area contributed by atoms with Crippen LogP contribution in [0.5, 0.6) is 5.75 Å². The third-order valence-corrected chi connectivity index (χ3v) is 7.18. The molecule has 0 saturated heterocycles. The summed E-state index contributed by atoms with van der Waals surface area (Å²) in [6.07, 6.45) is 4.13. The number of thioether (sulfide) groups is 1. The fourth-order valence-corrected chi connectivity index (χ4v) is 5.14. The minimum Gasteiger partial charge on any atom is -0.497 e. The number of amides is 1. The number of ether oxygens (including phenoxy) is 1. The number of carbonyl (C=O) groups excluding carboxylic acids is 1. The minimum atomic E-state index is -0.265. The molecule has 0 aliphatic carbocycles. The molecular formula is C30H28N6O2S. The highest BCUT2D eigenvalue weighted by atomic mass is 32.2. The molecule has 2 aromatic heterocycles. The van der Waals surface area contributed by atoms with Crippen molar-refractivity contribution in [1.82, 2.24) is 30.3 Å². The molecule has 0 radical (unpaired) electrons. The number of benzene rings is 3. The third kappa shape index (κ3) is 6.50. The van der Waals surface area contributed by atoms with Gasteiger partial charge in [-0.15, -0.1) is 5.10 Å². The van der Waals surface area contributed by atoms with Crippen LogP contribution in [0.15, 0.2) is 109 Å². The van der Waals surface area contributed by atoms with Gasteiger partial charge in [-0.1, -0.05) is 77.6 Å². The largest absolute Gasteiger partial charge is 0.497 e. The first-order valence-corrected chi connectivity index (χ1v) is 13.6. The van der Waals surface area contributed by atoms with Gasteiger partial charge in [-0.3, -0.25) is 4.79 Å². The van der Waals surface area contributed by atoms with Crippen molar-refractivity contribution in [2.75, 3.05) is 13.7 Å². The van der Waals surface area contributed by atoms with E-state index in [2.05, 4.69) is 49.9 Å². The molecule has 0 unspecified atom stereocenters. The van der Waals surface area contributed by atoms with E-state index in [-0.39, 0.29) is 17.5 Å². The van der Waals surface area contributed by atoms with Crippen molar-refractivity contribution in [3.63, 3.8) is 0 Å². The molecule has 0 fully saturated rings. The molecule has 9 heteroatoms. The first kappa shape index (κ1) is 26.1. The molecular weight excluding hydrogens is 508 g/mol. The molecule has 5 rings (SSSR count). The van der Waals surface area contributed by atoms with E-state index in [9.17, 15) is 4.79 Å². The van der Waals surface area contributed by atoms with Gasteiger partial charge in [0.1, 0.15) is 5.75 Å². The van der Waals surface area contributed by atoms with Crippen molar-refractivity contribution < 1.29 is 9.53 Å². The summed E-state index contributed by atoms with van der Waals surface area (Å²) in [6.45, 7) is 0.483. The quantitative estimate of drug-likeness (QED) is 0.181. The lowest BCUT2D eigenvalue weighted by Gasteiger charge is -2.18. The van der Waals surface area contributed by atoms with Gasteiger partial charge in [0.05, 0.1) is 18.5 Å². The van der Waals surface area contributed by atoms with E-state index >= 15 is 0 Å². The average molecular weight is 537 g/mol. The number of nitrogens with zero attached hydrogens (tertiary/aromatic N) is 5. The molecule has 0 aliphatic rings. The van der Waals surface area contributed by atoms with E-state index in [1.807, 2.05) is 60.7 Å². The molecule has 39 heavy (non-hydrogen) atoms. The van der Waals surface area contributed by atoms with Crippen molar-refractivity contribution in [3.05, 3.63) is 126 Å². The second kappa shape index (κ2) is 12.8. The van der Waals surface area contributed by atoms with E-state index in [4.69, 9.17) is 4.74 Å². The second-order valence-electron chi connectivity index (χ2n) is 8.73. The lowest BCUT2D eigenvalue weighted by atomic mass is 9.88. The Morgan fingerprint density at radius 1 is 0.897 bits per heavy atom. The van der Waals surface area contributed by atoms with Gasteiger partial charge in [-0.25, -0.2) is 14.6 Å². The number of hydrogen-bond donors (Lipinski definition) is 1. The monoisotopic (exact) mass is 536 g/mol. The van der Waals surface area contributed by atoms with Crippen molar-refractivity contribution in [2.45, 2.75) is 23.2 Å². The lowest BCUT2D eigenvalue weighted by molar-refractivity contribution is 0.0947. The normalized spacial score (nSPS) is 10.9. The Kier molecular flexibility index (Phi) is 8.60. The van der Waals surface area contributed by atoms with Crippen LogP contribution in [0, 0.1) is 0 Å². The molecule has 1 amide bonds. The SMILES string of the molecule is COc1ccc(-n2nnc(C(=O)NCCC(c3ccccc3)c3ccccc3)c2CSc2ncccn2)cc1. The summed E-state index contributed by atoms with van der Waals surface area (Å²) in [5, 5.41) is 12.3. The minimum absolute atomic E-state index is 0.160. The van der Waals surface area contributed by atoms with Gasteiger partial charge in [-0.05, 0) is 47.9 Å². The Morgan fingerprint density at radius 2 is 1.54 bits per heavy atom. The zero-order valence-electron chi connectivity index (χ0n) is 21.5. The molecule has 1 N–H and O–H groups in total. The molecule has 0 aliphatic heterocycles. The number of methoxy groups -OCH3 is 1. The highest BCUT2D eigenvalue weighted by Gasteiger charge is 2.22. The van der Waals surface area contributed by atoms with E-state index in [1.165, 1.54) is 22.9 Å². The zero-order chi connectivity index (χ0) is 26.9. The fraction of sp³-hybridized carbons (Fsp3) is 0.167. The van der Waals surface area contributed by atoms with Crippen LogP contribution in [-0.4, -0.2) is 44.5 Å². The predicted octanol–water partition coefficient (Wildman–Crippen LogP) is 5.31. The topological polar surface area (TPSA) is 94.8 Å². The van der Waals surface area contributed by atoms with Crippen LogP contribution in [-0.2, 0) is 5.75 Å². The van der Waals surface area contributed by atoms with Crippen LogP contribution in [0.4, 0.5) is 0 Å². The zero-order valence-corrected chi connectivity index (χ0v) is 22.3. The Hall–Kier alpha value is -4.50. The number of rotatable bonds is 11. The number of nitrogens with one attached hydrogen (secondary N) is 1. The van der Waals surface area contributed by atoms with Gasteiger partial charge < -0.3 is 10.1 Å². The van der Waals surface area contributed by atoms with E-state index in [0.717, 1.165) is 17.9 Å². The summed E-state index contributed by atoms with van der Waals surface area (Å²) in [6, 6.07) is 29.9. The van der Waals surface area contributed by atoms with E-state index < -0.39 is 0 Å². The van der Waals surface area contributed by atoms with Crippen molar-refractivity contribution in [2.24, 2.45) is 0 Å². The Balaban J connectivity index is 1.35. The lowest BCUT2D eigenvalue weighted by Crippen LogP contribution is -2.27. The Morgan fingerprint density at radius 3 is 2.15 bits per heavy atom. The molecule has 196 valence electrons. The van der Waals surface area contributed by atoms with Crippen molar-refractivity contribution >= 4 is 17.7 Å². The number of aromatic nitrogens is 5. The van der Waals surface area contributed by atoms with Crippen LogP contribution >= 0.6 is 11.8 Å². The molecule has 0 atom stereocenters. The summed E-state index contributed by atoms with van der Waals surface area (Å²) < 4.78 is 6.96. The van der Waals surface area contributed by atoms with E-state index in [1.54, 1.807) is 30.3 Å². The number of hydrogen-bond acceptors (Lipinski definition) is 7. The van der Waals surface area contributed by atoms with Gasteiger partial charge in [0.15, 0.2) is 10.9 Å². The van der Waals surface area contributed by atoms with Gasteiger partial charge in [0.25, 0.3) is 5.91 Å². The molecule has 0 spiro atoms. The summed E-state index contributed by atoms with van der Waals surface area (Å²) in [5.74, 6) is 1.05. The van der Waals surface area contributed by atoms with Crippen LogP contribution < -0.4 is 10.1 Å². The first-order chi connectivity index (χ1) is 19.2. The Bertz CT molecular complexity index is 1440. The highest BCUT2D eigenvalue weighted by Crippen LogP contribution is 2.28. The Labute approximate surface area is 231 Å². The first-order valence-electron chi connectivity index (χ1n) is 12.6. The molecule has 8 nitrogen and oxygen atoms in total. The molecule has 3 aromatic carbocycles. The van der Waals surface area contributed by atoms with Crippen LogP contribution in [0.2, 0.25) is 0 Å². The highest BCUT2D eigenvalue weighted by molar-refractivity contribution is 7.98. The van der Waals surface area contributed by atoms with Gasteiger partial charge in [0.2, 0.25) is 0 Å². The fourth-order valence-electron chi connectivity index (χ4n) is 4.34. The smallest absolute Gasteiger partial charge is 0.273 e. The van der Waals surface area contributed by atoms with Crippen LogP contribution in [0.25, 0.3) is 5.69 Å². The number of carbonyl (C=O) groups is 1. The van der Waals surface area contributed by atoms with Gasteiger partial charge >= 0.3 is 0 Å². The standard InChI is InChI=1S/C30H28N6O2S/c1-38-25-15-13-24(14-16-25)36-27(21-39-30-32-18-8-19-33-30)28(34-35-36)29(37)31-20-17-26(22-9-4-2-5-10-22)23-11-6-3-7-12-23/h2-16,18-19,26H,17,20-21H2,1H3,(H,31,37). The summed E-state index contributed by atoms with van der Waals surface area (Å²) in [7, 11) is 1.62.